The number of nitrogens with zero attached hydrogens (tertiary/aromatic N) is 3. The zero-order chi connectivity index (χ0) is 19.8. The van der Waals surface area contributed by atoms with Crippen molar-refractivity contribution in [3.05, 3.63) is 29.3 Å². The topological polar surface area (TPSA) is 51.4 Å². The first-order chi connectivity index (χ1) is 12.7. The molecule has 0 amide bonds. The average molecular weight is 383 g/mol. The number of benzene rings is 1. The fourth-order valence-corrected chi connectivity index (χ4v) is 4.93. The standard InChI is InChI=1S/C22H30N4S/c1-15-7-6-8-16(2)18(15)24-19-22(26(14-13-23)20(27)25-19)11-9-17(10-12-22)21(3,4)5/h6-8,17H,9-12,14H2,1-5H3,(H,24,25,27). The van der Waals surface area contributed by atoms with Crippen molar-refractivity contribution in [3.8, 4) is 6.07 Å². The Morgan fingerprint density at radius 3 is 2.37 bits per heavy atom. The molecule has 0 bridgehead atoms. The number of amidine groups is 1. The highest BCUT2D eigenvalue weighted by atomic mass is 32.1. The van der Waals surface area contributed by atoms with E-state index in [1.807, 2.05) is 0 Å². The number of aryl methyl sites for hydroxylation is 2. The number of hydrogen-bond donors (Lipinski definition) is 1. The molecule has 144 valence electrons. The van der Waals surface area contributed by atoms with Crippen LogP contribution in [-0.2, 0) is 0 Å². The Morgan fingerprint density at radius 2 is 1.85 bits per heavy atom. The van der Waals surface area contributed by atoms with Gasteiger partial charge in [-0.1, -0.05) is 39.0 Å². The van der Waals surface area contributed by atoms with Crippen LogP contribution >= 0.6 is 12.2 Å². The number of thiocarbonyl (C=S) groups is 1. The van der Waals surface area contributed by atoms with Gasteiger partial charge < -0.3 is 10.2 Å². The molecule has 0 aromatic heterocycles. The number of anilines is 1. The van der Waals surface area contributed by atoms with Gasteiger partial charge in [0, 0.05) is 5.69 Å². The maximum atomic E-state index is 9.38. The summed E-state index contributed by atoms with van der Waals surface area (Å²) in [6.07, 6.45) is 4.21. The van der Waals surface area contributed by atoms with Gasteiger partial charge in [0.15, 0.2) is 5.11 Å². The van der Waals surface area contributed by atoms with Crippen LogP contribution < -0.4 is 5.32 Å². The highest BCUT2D eigenvalue weighted by Gasteiger charge is 2.50. The lowest BCUT2D eigenvalue weighted by Crippen LogP contribution is -2.56. The van der Waals surface area contributed by atoms with Crippen LogP contribution in [0.2, 0.25) is 0 Å². The lowest BCUT2D eigenvalue weighted by molar-refractivity contribution is 0.111. The second kappa shape index (κ2) is 7.24. The maximum Gasteiger partial charge on any atom is 0.198 e. The van der Waals surface area contributed by atoms with E-state index in [2.05, 4.69) is 69.1 Å². The quantitative estimate of drug-likeness (QED) is 0.563. The van der Waals surface area contributed by atoms with Gasteiger partial charge >= 0.3 is 0 Å². The van der Waals surface area contributed by atoms with Gasteiger partial charge in [-0.05, 0) is 74.2 Å². The van der Waals surface area contributed by atoms with E-state index in [1.165, 1.54) is 11.1 Å². The van der Waals surface area contributed by atoms with Gasteiger partial charge in [-0.3, -0.25) is 0 Å². The molecule has 1 aliphatic heterocycles. The summed E-state index contributed by atoms with van der Waals surface area (Å²) < 4.78 is 0. The first-order valence-corrected chi connectivity index (χ1v) is 10.2. The lowest BCUT2D eigenvalue weighted by Gasteiger charge is -2.46. The van der Waals surface area contributed by atoms with Crippen LogP contribution in [0, 0.1) is 36.5 Å². The third-order valence-electron chi connectivity index (χ3n) is 6.39. The van der Waals surface area contributed by atoms with Crippen molar-refractivity contribution >= 4 is 28.9 Å². The Labute approximate surface area is 168 Å². The van der Waals surface area contributed by atoms with Gasteiger partial charge in [0.2, 0.25) is 0 Å². The lowest BCUT2D eigenvalue weighted by atomic mass is 9.66. The van der Waals surface area contributed by atoms with E-state index < -0.39 is 0 Å². The molecule has 1 aromatic carbocycles. The van der Waals surface area contributed by atoms with Crippen molar-refractivity contribution in [2.75, 3.05) is 11.9 Å². The van der Waals surface area contributed by atoms with Crippen molar-refractivity contribution < 1.29 is 0 Å². The first-order valence-electron chi connectivity index (χ1n) is 9.80. The van der Waals surface area contributed by atoms with Crippen LogP contribution in [0.1, 0.15) is 57.6 Å². The highest BCUT2D eigenvalue weighted by Crippen LogP contribution is 2.46. The number of nitrogens with one attached hydrogen (secondary N) is 1. The summed E-state index contributed by atoms with van der Waals surface area (Å²) in [5.74, 6) is 1.61. The minimum Gasteiger partial charge on any atom is -0.341 e. The minimum absolute atomic E-state index is 0.275. The van der Waals surface area contributed by atoms with Gasteiger partial charge in [-0.15, -0.1) is 0 Å². The summed E-state index contributed by atoms with van der Waals surface area (Å²) in [6.45, 7) is 11.5. The summed E-state index contributed by atoms with van der Waals surface area (Å²) in [6, 6.07) is 8.59. The van der Waals surface area contributed by atoms with E-state index in [4.69, 9.17) is 17.2 Å². The molecule has 0 atom stereocenters. The number of hydrogen-bond acceptors (Lipinski definition) is 3. The van der Waals surface area contributed by atoms with E-state index in [9.17, 15) is 5.26 Å². The van der Waals surface area contributed by atoms with E-state index in [-0.39, 0.29) is 5.54 Å². The second-order valence-electron chi connectivity index (χ2n) is 9.05. The molecule has 1 heterocycles. The van der Waals surface area contributed by atoms with Gasteiger partial charge in [0.1, 0.15) is 17.9 Å². The summed E-state index contributed by atoms with van der Waals surface area (Å²) >= 11 is 5.57. The zero-order valence-electron chi connectivity index (χ0n) is 17.1. The molecule has 1 saturated carbocycles. The Hall–Kier alpha value is -1.93. The Morgan fingerprint density at radius 1 is 1.26 bits per heavy atom. The van der Waals surface area contributed by atoms with Gasteiger partial charge in [0.25, 0.3) is 0 Å². The van der Waals surface area contributed by atoms with Crippen LogP contribution in [0.15, 0.2) is 23.2 Å². The SMILES string of the molecule is Cc1cccc(C)c1NC1=NC(=S)N(CC#N)C12CCC(C(C)(C)C)CC2. The molecule has 0 unspecified atom stereocenters. The number of rotatable bonds is 2. The van der Waals surface area contributed by atoms with Gasteiger partial charge in [0.05, 0.1) is 6.07 Å². The monoisotopic (exact) mass is 382 g/mol. The Balaban J connectivity index is 1.94. The molecular formula is C22H30N4S. The predicted octanol–water partition coefficient (Wildman–Crippen LogP) is 5.21. The molecule has 3 rings (SSSR count). The van der Waals surface area contributed by atoms with Crippen LogP contribution in [-0.4, -0.2) is 27.9 Å². The summed E-state index contributed by atoms with van der Waals surface area (Å²) in [7, 11) is 0. The van der Waals surface area contributed by atoms with Gasteiger partial charge in [-0.2, -0.15) is 5.26 Å². The van der Waals surface area contributed by atoms with Crippen LogP contribution in [0.4, 0.5) is 5.69 Å². The summed E-state index contributed by atoms with van der Waals surface area (Å²) in [5.41, 5.74) is 3.53. The van der Waals surface area contributed by atoms with Crippen LogP contribution in [0.25, 0.3) is 0 Å². The maximum absolute atomic E-state index is 9.38. The van der Waals surface area contributed by atoms with E-state index in [0.29, 0.717) is 23.0 Å². The first kappa shape index (κ1) is 19.8. The fourth-order valence-electron chi connectivity index (χ4n) is 4.60. The smallest absolute Gasteiger partial charge is 0.198 e. The molecule has 2 aliphatic rings. The summed E-state index contributed by atoms with van der Waals surface area (Å²) in [5, 5.41) is 13.5. The highest BCUT2D eigenvalue weighted by molar-refractivity contribution is 7.80. The normalized spacial score (nSPS) is 25.5. The van der Waals surface area contributed by atoms with Crippen molar-refractivity contribution in [2.24, 2.45) is 16.3 Å². The average Bonchev–Trinajstić information content (AvgIpc) is 2.83. The zero-order valence-corrected chi connectivity index (χ0v) is 17.9. The largest absolute Gasteiger partial charge is 0.341 e. The third kappa shape index (κ3) is 3.60. The van der Waals surface area contributed by atoms with E-state index in [1.54, 1.807) is 0 Å². The molecule has 1 spiro atoms. The molecule has 0 radical (unpaired) electrons. The Bertz CT molecular complexity index is 784. The van der Waals surface area contributed by atoms with Crippen LogP contribution in [0.5, 0.6) is 0 Å². The Kier molecular flexibility index (Phi) is 5.31. The van der Waals surface area contributed by atoms with Crippen molar-refractivity contribution in [2.45, 2.75) is 65.8 Å². The van der Waals surface area contributed by atoms with Crippen molar-refractivity contribution in [1.82, 2.24) is 4.90 Å². The van der Waals surface area contributed by atoms with E-state index >= 15 is 0 Å². The number of nitriles is 1. The second-order valence-corrected chi connectivity index (χ2v) is 9.42. The molecule has 0 saturated heterocycles. The van der Waals surface area contributed by atoms with Crippen LogP contribution in [0.3, 0.4) is 0 Å². The summed E-state index contributed by atoms with van der Waals surface area (Å²) in [4.78, 5) is 6.79. The molecular weight excluding hydrogens is 352 g/mol. The third-order valence-corrected chi connectivity index (χ3v) is 6.70. The molecule has 5 heteroatoms. The van der Waals surface area contributed by atoms with Gasteiger partial charge in [-0.25, -0.2) is 4.99 Å². The minimum atomic E-state index is -0.275. The molecule has 1 fully saturated rings. The predicted molar refractivity (Wildman–Crippen MR) is 116 cm³/mol. The molecule has 1 aliphatic carbocycles. The number of aliphatic imine (C=N–C) groups is 1. The van der Waals surface area contributed by atoms with E-state index in [0.717, 1.165) is 37.2 Å². The van der Waals surface area contributed by atoms with Crippen molar-refractivity contribution in [1.29, 1.82) is 5.26 Å². The molecule has 4 nitrogen and oxygen atoms in total. The molecule has 27 heavy (non-hydrogen) atoms. The fraction of sp³-hybridized carbons (Fsp3) is 0.591. The van der Waals surface area contributed by atoms with Crippen molar-refractivity contribution in [3.63, 3.8) is 0 Å². The molecule has 1 aromatic rings. The molecule has 1 N–H and O–H groups in total. The number of para-hydroxylation sites is 1.